The second-order valence-corrected chi connectivity index (χ2v) is 6.29. The number of hydrogen-bond acceptors (Lipinski definition) is 4. The number of carbonyl (C=O) groups is 3. The van der Waals surface area contributed by atoms with Gasteiger partial charge in [-0.1, -0.05) is 24.3 Å². The van der Waals surface area contributed by atoms with Crippen molar-refractivity contribution in [2.45, 2.75) is 19.4 Å². The highest BCUT2D eigenvalue weighted by molar-refractivity contribution is 6.04. The molecule has 3 N–H and O–H groups in total. The van der Waals surface area contributed by atoms with E-state index >= 15 is 0 Å². The van der Waals surface area contributed by atoms with E-state index in [4.69, 9.17) is 4.42 Å². The van der Waals surface area contributed by atoms with Crippen LogP contribution in [0.5, 0.6) is 0 Å². The van der Waals surface area contributed by atoms with Crippen LogP contribution in [0, 0.1) is 11.8 Å². The van der Waals surface area contributed by atoms with Crippen LogP contribution in [0.15, 0.2) is 59.2 Å². The van der Waals surface area contributed by atoms with E-state index in [-0.39, 0.29) is 12.5 Å². The van der Waals surface area contributed by atoms with E-state index in [0.29, 0.717) is 29.9 Å². The minimum absolute atomic E-state index is 0.225. The number of carboxylic acids is 1. The molecule has 0 bridgehead atoms. The topological polar surface area (TPSA) is 109 Å². The number of nitrogens with one attached hydrogen (secondary N) is 2. The van der Waals surface area contributed by atoms with E-state index in [1.54, 1.807) is 42.5 Å². The highest BCUT2D eigenvalue weighted by Gasteiger charge is 2.34. The number of carbonyl (C=O) groups excluding carboxylic acids is 2. The standard InChI is InChI=1S/C20H20N2O5/c23-18(21-12-13-6-5-11-27-13)16-9-3-4-10-17(16)22-19(24)14-7-1-2-8-15(14)20(25)26/h1-6,9-11,14-15H,7-8,12H2,(H,21,23)(H,22,24)(H,25,26). The van der Waals surface area contributed by atoms with Crippen LogP contribution in [-0.2, 0) is 16.1 Å². The summed E-state index contributed by atoms with van der Waals surface area (Å²) in [5.74, 6) is -2.59. The third-order valence-corrected chi connectivity index (χ3v) is 4.52. The monoisotopic (exact) mass is 368 g/mol. The number of furan rings is 1. The van der Waals surface area contributed by atoms with Crippen molar-refractivity contribution in [2.75, 3.05) is 5.32 Å². The zero-order valence-corrected chi connectivity index (χ0v) is 14.6. The van der Waals surface area contributed by atoms with Crippen LogP contribution in [0.25, 0.3) is 0 Å². The zero-order chi connectivity index (χ0) is 19.2. The molecule has 7 nitrogen and oxygen atoms in total. The van der Waals surface area contributed by atoms with Crippen LogP contribution >= 0.6 is 0 Å². The molecule has 0 fully saturated rings. The number of benzene rings is 1. The minimum Gasteiger partial charge on any atom is -0.481 e. The molecule has 1 aliphatic carbocycles. The van der Waals surface area contributed by atoms with Crippen LogP contribution in [0.3, 0.4) is 0 Å². The second-order valence-electron chi connectivity index (χ2n) is 6.29. The molecule has 1 aromatic carbocycles. The maximum absolute atomic E-state index is 12.6. The summed E-state index contributed by atoms with van der Waals surface area (Å²) < 4.78 is 5.18. The molecule has 140 valence electrons. The quantitative estimate of drug-likeness (QED) is 0.680. The van der Waals surface area contributed by atoms with Gasteiger partial charge in [0.2, 0.25) is 5.91 Å². The molecule has 2 unspecified atom stereocenters. The van der Waals surface area contributed by atoms with E-state index in [9.17, 15) is 19.5 Å². The number of amides is 2. The molecule has 2 amide bonds. The Balaban J connectivity index is 1.71. The van der Waals surface area contributed by atoms with Gasteiger partial charge in [0, 0.05) is 0 Å². The summed E-state index contributed by atoms with van der Waals surface area (Å²) in [6.07, 6.45) is 5.78. The summed E-state index contributed by atoms with van der Waals surface area (Å²) in [6, 6.07) is 10.1. The van der Waals surface area contributed by atoms with Crippen molar-refractivity contribution in [3.8, 4) is 0 Å². The number of hydrogen-bond donors (Lipinski definition) is 3. The van der Waals surface area contributed by atoms with Crippen molar-refractivity contribution in [1.82, 2.24) is 5.32 Å². The molecular weight excluding hydrogens is 348 g/mol. The van der Waals surface area contributed by atoms with Gasteiger partial charge < -0.3 is 20.2 Å². The molecule has 1 heterocycles. The molecule has 2 aromatic rings. The fraction of sp³-hybridized carbons (Fsp3) is 0.250. The van der Waals surface area contributed by atoms with E-state index in [1.165, 1.54) is 6.26 Å². The Kier molecular flexibility index (Phi) is 5.71. The molecule has 1 aromatic heterocycles. The van der Waals surface area contributed by atoms with Gasteiger partial charge in [-0.2, -0.15) is 0 Å². The maximum atomic E-state index is 12.6. The van der Waals surface area contributed by atoms with Crippen LogP contribution in [-0.4, -0.2) is 22.9 Å². The average molecular weight is 368 g/mol. The molecule has 1 aliphatic rings. The van der Waals surface area contributed by atoms with Gasteiger partial charge in [-0.25, -0.2) is 0 Å². The van der Waals surface area contributed by atoms with Gasteiger partial charge in [0.15, 0.2) is 0 Å². The van der Waals surface area contributed by atoms with E-state index < -0.39 is 23.7 Å². The molecule has 3 rings (SSSR count). The Morgan fingerprint density at radius 1 is 1.04 bits per heavy atom. The summed E-state index contributed by atoms with van der Waals surface area (Å²) in [7, 11) is 0. The maximum Gasteiger partial charge on any atom is 0.307 e. The molecule has 2 atom stereocenters. The first-order valence-corrected chi connectivity index (χ1v) is 8.64. The number of rotatable bonds is 6. The van der Waals surface area contributed by atoms with Gasteiger partial charge in [-0.05, 0) is 37.1 Å². The van der Waals surface area contributed by atoms with Crippen molar-refractivity contribution in [1.29, 1.82) is 0 Å². The first kappa shape index (κ1) is 18.4. The number of para-hydroxylation sites is 1. The van der Waals surface area contributed by atoms with Crippen molar-refractivity contribution < 1.29 is 23.9 Å². The first-order chi connectivity index (χ1) is 13.1. The van der Waals surface area contributed by atoms with Gasteiger partial charge in [0.1, 0.15) is 5.76 Å². The van der Waals surface area contributed by atoms with Crippen LogP contribution in [0.2, 0.25) is 0 Å². The molecular formula is C20H20N2O5. The first-order valence-electron chi connectivity index (χ1n) is 8.64. The molecule has 0 aliphatic heterocycles. The fourth-order valence-electron chi connectivity index (χ4n) is 3.07. The Bertz CT molecular complexity index is 857. The van der Waals surface area contributed by atoms with E-state index in [1.807, 2.05) is 6.08 Å². The summed E-state index contributed by atoms with van der Waals surface area (Å²) >= 11 is 0. The summed E-state index contributed by atoms with van der Waals surface area (Å²) in [5.41, 5.74) is 0.647. The SMILES string of the molecule is O=C(NCc1ccco1)c1ccccc1NC(=O)C1CC=CCC1C(=O)O. The Labute approximate surface area is 156 Å². The average Bonchev–Trinajstić information content (AvgIpc) is 3.20. The lowest BCUT2D eigenvalue weighted by molar-refractivity contribution is -0.146. The van der Waals surface area contributed by atoms with Gasteiger partial charge in [0.05, 0.1) is 35.9 Å². The second kappa shape index (κ2) is 8.35. The van der Waals surface area contributed by atoms with Crippen LogP contribution in [0.4, 0.5) is 5.69 Å². The smallest absolute Gasteiger partial charge is 0.307 e. The summed E-state index contributed by atoms with van der Waals surface area (Å²) in [5, 5.41) is 14.8. The number of aliphatic carboxylic acids is 1. The van der Waals surface area contributed by atoms with Gasteiger partial charge in [-0.15, -0.1) is 0 Å². The third kappa shape index (κ3) is 4.44. The van der Waals surface area contributed by atoms with Crippen molar-refractivity contribution in [3.63, 3.8) is 0 Å². The highest BCUT2D eigenvalue weighted by atomic mass is 16.4. The van der Waals surface area contributed by atoms with Gasteiger partial charge in [-0.3, -0.25) is 14.4 Å². The highest BCUT2D eigenvalue weighted by Crippen LogP contribution is 2.28. The van der Waals surface area contributed by atoms with Gasteiger partial charge in [0.25, 0.3) is 5.91 Å². The number of allylic oxidation sites excluding steroid dienone is 2. The van der Waals surface area contributed by atoms with Crippen LogP contribution < -0.4 is 10.6 Å². The lowest BCUT2D eigenvalue weighted by atomic mass is 9.82. The van der Waals surface area contributed by atoms with Crippen molar-refractivity contribution >= 4 is 23.5 Å². The zero-order valence-electron chi connectivity index (χ0n) is 14.6. The Morgan fingerprint density at radius 2 is 1.78 bits per heavy atom. The molecule has 7 heteroatoms. The van der Waals surface area contributed by atoms with Crippen molar-refractivity contribution in [2.24, 2.45) is 11.8 Å². The molecule has 0 saturated heterocycles. The number of carboxylic acid groups (broad SMARTS) is 1. The summed E-state index contributed by atoms with van der Waals surface area (Å²) in [6.45, 7) is 0.225. The largest absolute Gasteiger partial charge is 0.481 e. The minimum atomic E-state index is -0.996. The van der Waals surface area contributed by atoms with Crippen molar-refractivity contribution in [3.05, 3.63) is 66.1 Å². The number of anilines is 1. The van der Waals surface area contributed by atoms with Gasteiger partial charge >= 0.3 is 5.97 Å². The predicted molar refractivity (Wildman–Crippen MR) is 97.9 cm³/mol. The Hall–Kier alpha value is -3.35. The molecule has 0 saturated carbocycles. The lowest BCUT2D eigenvalue weighted by Gasteiger charge is -2.24. The van der Waals surface area contributed by atoms with E-state index in [0.717, 1.165) is 0 Å². The Morgan fingerprint density at radius 3 is 2.48 bits per heavy atom. The third-order valence-electron chi connectivity index (χ3n) is 4.52. The lowest BCUT2D eigenvalue weighted by Crippen LogP contribution is -2.35. The van der Waals surface area contributed by atoms with E-state index in [2.05, 4.69) is 10.6 Å². The van der Waals surface area contributed by atoms with Crippen LogP contribution in [0.1, 0.15) is 29.0 Å². The predicted octanol–water partition coefficient (Wildman–Crippen LogP) is 2.82. The fourth-order valence-corrected chi connectivity index (χ4v) is 3.07. The normalized spacial score (nSPS) is 18.7. The molecule has 27 heavy (non-hydrogen) atoms. The molecule has 0 spiro atoms. The summed E-state index contributed by atoms with van der Waals surface area (Å²) in [4.78, 5) is 36.5. The molecule has 0 radical (unpaired) electrons.